The van der Waals surface area contributed by atoms with E-state index in [4.69, 9.17) is 9.57 Å². The zero-order valence-corrected chi connectivity index (χ0v) is 19.1. The number of hydrogen-bond donors (Lipinski definition) is 0. The molecule has 0 N–H and O–H groups in total. The largest absolute Gasteiger partial charge is 0.611 e. The molecule has 1 fully saturated rings. The molecule has 3 heterocycles. The van der Waals surface area contributed by atoms with Gasteiger partial charge in [0.25, 0.3) is 0 Å². The van der Waals surface area contributed by atoms with Gasteiger partial charge in [0, 0.05) is 13.1 Å². The Labute approximate surface area is 184 Å². The Morgan fingerprint density at radius 3 is 2.87 bits per heavy atom. The first-order valence-corrected chi connectivity index (χ1v) is 11.9. The highest BCUT2D eigenvalue weighted by atomic mass is 32.2. The smallest absolute Gasteiger partial charge is 0.359 e. The summed E-state index contributed by atoms with van der Waals surface area (Å²) in [5.74, 6) is -1.02. The number of carbonyl (C=O) groups excluding carboxylic acids is 1. The van der Waals surface area contributed by atoms with E-state index in [9.17, 15) is 13.7 Å². The van der Waals surface area contributed by atoms with Gasteiger partial charge in [0.05, 0.1) is 35.1 Å². The summed E-state index contributed by atoms with van der Waals surface area (Å²) in [6, 6.07) is 4.58. The molecule has 1 aromatic carbocycles. The van der Waals surface area contributed by atoms with Crippen LogP contribution in [0.25, 0.3) is 11.3 Å². The summed E-state index contributed by atoms with van der Waals surface area (Å²) in [6.45, 7) is 9.33. The number of benzene rings is 1. The van der Waals surface area contributed by atoms with Gasteiger partial charge in [0.1, 0.15) is 5.75 Å². The van der Waals surface area contributed by atoms with Crippen LogP contribution in [0.2, 0.25) is 0 Å². The first-order valence-electron chi connectivity index (χ1n) is 10.6. The van der Waals surface area contributed by atoms with Crippen LogP contribution in [0.3, 0.4) is 0 Å². The fraction of sp³-hybridized carbons (Fsp3) is 0.545. The monoisotopic (exact) mass is 449 g/mol. The minimum absolute atomic E-state index is 0.0341. The van der Waals surface area contributed by atoms with Gasteiger partial charge >= 0.3 is 5.97 Å². The molecule has 2 aromatic rings. The van der Waals surface area contributed by atoms with Crippen molar-refractivity contribution in [2.75, 3.05) is 19.7 Å². The van der Waals surface area contributed by atoms with E-state index >= 15 is 0 Å². The average molecular weight is 450 g/mol. The van der Waals surface area contributed by atoms with Crippen molar-refractivity contribution >= 4 is 17.1 Å². The summed E-state index contributed by atoms with van der Waals surface area (Å²) in [6.07, 6.45) is 1.74. The molecule has 0 saturated carbocycles. The van der Waals surface area contributed by atoms with Crippen molar-refractivity contribution in [3.8, 4) is 11.3 Å². The van der Waals surface area contributed by atoms with E-state index in [2.05, 4.69) is 5.10 Å². The third kappa shape index (κ3) is 4.37. The molecule has 1 aromatic heterocycles. The van der Waals surface area contributed by atoms with Crippen LogP contribution in [0.15, 0.2) is 23.1 Å². The summed E-state index contributed by atoms with van der Waals surface area (Å²) in [7, 11) is 0. The Morgan fingerprint density at radius 2 is 2.16 bits per heavy atom. The number of esters is 1. The van der Waals surface area contributed by atoms with E-state index in [0.717, 1.165) is 19.4 Å². The van der Waals surface area contributed by atoms with E-state index < -0.39 is 23.0 Å². The molecule has 9 heteroatoms. The first-order chi connectivity index (χ1) is 14.7. The van der Waals surface area contributed by atoms with E-state index in [1.165, 1.54) is 6.07 Å². The highest BCUT2D eigenvalue weighted by Crippen LogP contribution is 2.42. The van der Waals surface area contributed by atoms with Gasteiger partial charge < -0.3 is 9.29 Å². The number of halogens is 1. The van der Waals surface area contributed by atoms with Crippen molar-refractivity contribution < 1.29 is 23.3 Å². The van der Waals surface area contributed by atoms with E-state index in [1.54, 1.807) is 23.7 Å². The Kier molecular flexibility index (Phi) is 6.13. The molecule has 2 unspecified atom stereocenters. The van der Waals surface area contributed by atoms with Crippen LogP contribution in [-0.4, -0.2) is 50.7 Å². The van der Waals surface area contributed by atoms with Crippen LogP contribution in [-0.2, 0) is 26.5 Å². The molecule has 1 saturated heterocycles. The predicted octanol–water partition coefficient (Wildman–Crippen LogP) is 3.85. The summed E-state index contributed by atoms with van der Waals surface area (Å²) in [4.78, 5) is 18.9. The van der Waals surface area contributed by atoms with Crippen LogP contribution in [0.5, 0.6) is 0 Å². The minimum Gasteiger partial charge on any atom is -0.611 e. The van der Waals surface area contributed by atoms with Gasteiger partial charge in [0.15, 0.2) is 16.4 Å². The van der Waals surface area contributed by atoms with Crippen LogP contribution in [0.4, 0.5) is 4.39 Å². The van der Waals surface area contributed by atoms with Crippen LogP contribution >= 0.6 is 0 Å². The zero-order valence-electron chi connectivity index (χ0n) is 18.3. The number of ether oxygens (including phenoxy) is 1. The summed E-state index contributed by atoms with van der Waals surface area (Å²) < 4.78 is 34.4. The van der Waals surface area contributed by atoms with Gasteiger partial charge in [-0.3, -0.25) is 9.52 Å². The molecule has 2 aliphatic rings. The Balaban J connectivity index is 1.81. The molecule has 0 amide bonds. The Morgan fingerprint density at radius 1 is 1.39 bits per heavy atom. The van der Waals surface area contributed by atoms with Crippen molar-refractivity contribution in [1.82, 2.24) is 14.8 Å². The topological polar surface area (TPSA) is 79.7 Å². The van der Waals surface area contributed by atoms with Gasteiger partial charge in [0.2, 0.25) is 0 Å². The minimum atomic E-state index is -1.60. The predicted molar refractivity (Wildman–Crippen MR) is 114 cm³/mol. The van der Waals surface area contributed by atoms with E-state index in [0.29, 0.717) is 23.4 Å². The molecule has 0 spiro atoms. The molecule has 0 radical (unpaired) electrons. The van der Waals surface area contributed by atoms with Gasteiger partial charge in [-0.1, -0.05) is 6.07 Å². The lowest BCUT2D eigenvalue weighted by atomic mass is 10.0. The third-order valence-corrected chi connectivity index (χ3v) is 6.73. The molecule has 4 rings (SSSR count). The average Bonchev–Trinajstić information content (AvgIpc) is 3.07. The summed E-state index contributed by atoms with van der Waals surface area (Å²) in [5.41, 5.74) is 1.57. The van der Waals surface area contributed by atoms with Crippen molar-refractivity contribution in [3.05, 3.63) is 35.3 Å². The van der Waals surface area contributed by atoms with Gasteiger partial charge in [-0.15, -0.1) is 0 Å². The molecule has 2 atom stereocenters. The number of hydroxylamine groups is 2. The van der Waals surface area contributed by atoms with Crippen LogP contribution < -0.4 is 0 Å². The molecule has 2 aliphatic heterocycles. The maximum atomic E-state index is 14.6. The fourth-order valence-corrected chi connectivity index (χ4v) is 5.62. The lowest BCUT2D eigenvalue weighted by molar-refractivity contribution is -0.240. The molecule has 31 heavy (non-hydrogen) atoms. The van der Waals surface area contributed by atoms with Gasteiger partial charge in [-0.05, 0) is 63.8 Å². The summed E-state index contributed by atoms with van der Waals surface area (Å²) in [5, 5.41) is 6.56. The maximum absolute atomic E-state index is 14.6. The number of fused-ring (bicyclic) bond motifs is 3. The van der Waals surface area contributed by atoms with Crippen molar-refractivity contribution in [3.63, 3.8) is 0 Å². The number of carbonyl (C=O) groups is 1. The van der Waals surface area contributed by atoms with Crippen molar-refractivity contribution in [2.24, 2.45) is 0 Å². The standard InChI is InChI=1S/C22H28FN3O4S/c1-5-29-21(27)18-16-13-31(28)20-15(9-6-10-17(20)23)19(16)26(24-18)14-8-7-11-25(12-14)30-22(2,3)4/h6,9-10,14H,5,7-8,11-13H2,1-4H3. The van der Waals surface area contributed by atoms with Crippen molar-refractivity contribution in [1.29, 1.82) is 0 Å². The van der Waals surface area contributed by atoms with Gasteiger partial charge in [-0.25, -0.2) is 9.18 Å². The highest BCUT2D eigenvalue weighted by Gasteiger charge is 2.40. The second-order valence-electron chi connectivity index (χ2n) is 8.83. The molecule has 168 valence electrons. The lowest BCUT2D eigenvalue weighted by Gasteiger charge is -2.36. The quantitative estimate of drug-likeness (QED) is 0.521. The number of rotatable bonds is 4. The third-order valence-electron chi connectivity index (χ3n) is 5.31. The fourth-order valence-electron chi connectivity index (χ4n) is 4.24. The first kappa shape index (κ1) is 22.3. The number of piperidine rings is 1. The second kappa shape index (κ2) is 8.54. The van der Waals surface area contributed by atoms with E-state index in [-0.39, 0.29) is 34.6 Å². The summed E-state index contributed by atoms with van der Waals surface area (Å²) >= 11 is -1.60. The zero-order chi connectivity index (χ0) is 22.3. The normalized spacial score (nSPS) is 21.5. The SMILES string of the molecule is CCOC(=O)c1nn(C2CCCN(OC(C)(C)C)C2)c2c1C[S+]([O-])c1c(F)cccc1-2. The number of aromatic nitrogens is 2. The molecular formula is C22H28FN3O4S. The van der Waals surface area contributed by atoms with Gasteiger partial charge in [-0.2, -0.15) is 10.2 Å². The van der Waals surface area contributed by atoms with Crippen LogP contribution in [0, 0.1) is 5.82 Å². The number of nitrogens with zero attached hydrogens (tertiary/aromatic N) is 3. The molecule has 0 aliphatic carbocycles. The molecular weight excluding hydrogens is 421 g/mol. The molecule has 7 nitrogen and oxygen atoms in total. The van der Waals surface area contributed by atoms with Crippen molar-refractivity contribution in [2.45, 2.75) is 62.8 Å². The lowest BCUT2D eigenvalue weighted by Crippen LogP contribution is -2.41. The Bertz CT molecular complexity index is 988. The maximum Gasteiger partial charge on any atom is 0.359 e. The Hall–Kier alpha value is -1.94. The van der Waals surface area contributed by atoms with E-state index in [1.807, 2.05) is 25.8 Å². The second-order valence-corrected chi connectivity index (χ2v) is 10.2. The molecule has 0 bridgehead atoms. The number of hydrogen-bond acceptors (Lipinski definition) is 6. The van der Waals surface area contributed by atoms with Crippen LogP contribution in [0.1, 0.15) is 62.6 Å². The highest BCUT2D eigenvalue weighted by molar-refractivity contribution is 7.90.